The minimum absolute atomic E-state index is 0.00463. The third-order valence-corrected chi connectivity index (χ3v) is 1.55. The van der Waals surface area contributed by atoms with E-state index in [1.165, 1.54) is 0 Å². The van der Waals surface area contributed by atoms with E-state index in [0.29, 0.717) is 0 Å². The zero-order chi connectivity index (χ0) is 7.44. The minimum atomic E-state index is -0.366. The Morgan fingerprint density at radius 2 is 1.67 bits per heavy atom. The predicted molar refractivity (Wildman–Crippen MR) is 37.1 cm³/mol. The lowest BCUT2D eigenvalue weighted by Gasteiger charge is -2.19. The Kier molecular flexibility index (Phi) is 3.82. The lowest BCUT2D eigenvalue weighted by molar-refractivity contribution is 0.0427. The van der Waals surface area contributed by atoms with E-state index in [9.17, 15) is 5.11 Å². The summed E-state index contributed by atoms with van der Waals surface area (Å²) in [6.07, 6.45) is -0.366. The molecule has 0 radical (unpaired) electrons. The third-order valence-electron chi connectivity index (χ3n) is 1.55. The van der Waals surface area contributed by atoms with E-state index in [2.05, 4.69) is 0 Å². The van der Waals surface area contributed by atoms with E-state index in [4.69, 9.17) is 5.11 Å². The fourth-order valence-electron chi connectivity index (χ4n) is 0.765. The molecule has 0 aromatic carbocycles. The second kappa shape index (κ2) is 3.85. The third kappa shape index (κ3) is 2.82. The second-order valence-corrected chi connectivity index (χ2v) is 2.89. The zero-order valence-corrected chi connectivity index (χ0v) is 6.33. The molecule has 2 heteroatoms. The molecule has 0 aliphatic rings. The van der Waals surface area contributed by atoms with Crippen molar-refractivity contribution in [1.82, 2.24) is 0 Å². The van der Waals surface area contributed by atoms with Crippen molar-refractivity contribution >= 4 is 0 Å². The largest absolute Gasteiger partial charge is 0.396 e. The van der Waals surface area contributed by atoms with Gasteiger partial charge in [0, 0.05) is 12.5 Å². The highest BCUT2D eigenvalue weighted by Gasteiger charge is 2.15. The van der Waals surface area contributed by atoms with E-state index in [1.54, 1.807) is 0 Å². The molecule has 0 fully saturated rings. The normalized spacial score (nSPS) is 18.0. The lowest BCUT2D eigenvalue weighted by Crippen LogP contribution is -2.25. The maximum absolute atomic E-state index is 9.23. The maximum atomic E-state index is 9.23. The number of aliphatic hydroxyl groups excluding tert-OH is 2. The van der Waals surface area contributed by atoms with E-state index < -0.39 is 0 Å². The number of hydrogen-bond donors (Lipinski definition) is 2. The molecule has 0 heterocycles. The fraction of sp³-hybridized carbons (Fsp3) is 1.00. The lowest BCUT2D eigenvalue weighted by atomic mass is 9.96. The summed E-state index contributed by atoms with van der Waals surface area (Å²) in [5.74, 6) is 0.247. The van der Waals surface area contributed by atoms with Crippen LogP contribution in [-0.2, 0) is 0 Å². The summed E-state index contributed by atoms with van der Waals surface area (Å²) in [6, 6.07) is 0. The van der Waals surface area contributed by atoms with Gasteiger partial charge < -0.3 is 10.2 Å². The Hall–Kier alpha value is -0.0800. The molecule has 2 nitrogen and oxygen atoms in total. The van der Waals surface area contributed by atoms with Crippen LogP contribution < -0.4 is 0 Å². The van der Waals surface area contributed by atoms with Gasteiger partial charge in [0.25, 0.3) is 0 Å². The molecule has 56 valence electrons. The Labute approximate surface area is 56.5 Å². The molecule has 0 saturated carbocycles. The van der Waals surface area contributed by atoms with Gasteiger partial charge in [-0.15, -0.1) is 0 Å². The van der Waals surface area contributed by atoms with Crippen LogP contribution in [-0.4, -0.2) is 22.9 Å². The highest BCUT2D eigenvalue weighted by atomic mass is 16.3. The SMILES string of the molecule is CC(C)[C@H](O)[C@@H](C)CO. The second-order valence-electron chi connectivity index (χ2n) is 2.89. The van der Waals surface area contributed by atoms with Crippen LogP contribution in [0.4, 0.5) is 0 Å². The topological polar surface area (TPSA) is 40.5 Å². The van der Waals surface area contributed by atoms with Gasteiger partial charge in [-0.3, -0.25) is 0 Å². The molecule has 0 bridgehead atoms. The van der Waals surface area contributed by atoms with Crippen molar-refractivity contribution in [2.45, 2.75) is 26.9 Å². The van der Waals surface area contributed by atoms with Gasteiger partial charge in [-0.1, -0.05) is 20.8 Å². The summed E-state index contributed by atoms with van der Waals surface area (Å²) in [6.45, 7) is 5.79. The quantitative estimate of drug-likeness (QED) is 0.591. The Bertz CT molecular complexity index is 71.3. The van der Waals surface area contributed by atoms with Crippen LogP contribution in [0.3, 0.4) is 0 Å². The van der Waals surface area contributed by atoms with Gasteiger partial charge in [0.05, 0.1) is 6.10 Å². The first kappa shape index (κ1) is 8.92. The van der Waals surface area contributed by atoms with Crippen LogP contribution in [0.2, 0.25) is 0 Å². The van der Waals surface area contributed by atoms with Gasteiger partial charge in [0.15, 0.2) is 0 Å². The molecular weight excluding hydrogens is 116 g/mol. The molecule has 0 spiro atoms. The van der Waals surface area contributed by atoms with Gasteiger partial charge >= 0.3 is 0 Å². The van der Waals surface area contributed by atoms with Crippen molar-refractivity contribution in [1.29, 1.82) is 0 Å². The Morgan fingerprint density at radius 3 is 1.78 bits per heavy atom. The Balaban J connectivity index is 3.58. The fourth-order valence-corrected chi connectivity index (χ4v) is 0.765. The van der Waals surface area contributed by atoms with E-state index >= 15 is 0 Å². The predicted octanol–water partition coefficient (Wildman–Crippen LogP) is 0.632. The van der Waals surface area contributed by atoms with Gasteiger partial charge in [-0.25, -0.2) is 0 Å². The minimum Gasteiger partial charge on any atom is -0.396 e. The number of aliphatic hydroxyl groups is 2. The molecule has 2 N–H and O–H groups in total. The molecule has 0 amide bonds. The molecule has 9 heavy (non-hydrogen) atoms. The van der Waals surface area contributed by atoms with Crippen molar-refractivity contribution in [3.63, 3.8) is 0 Å². The highest BCUT2D eigenvalue weighted by molar-refractivity contribution is 4.65. The van der Waals surface area contributed by atoms with E-state index in [0.717, 1.165) is 0 Å². The summed E-state index contributed by atoms with van der Waals surface area (Å²) in [5.41, 5.74) is 0. The van der Waals surface area contributed by atoms with Crippen molar-refractivity contribution in [2.24, 2.45) is 11.8 Å². The summed E-state index contributed by atoms with van der Waals surface area (Å²) >= 11 is 0. The maximum Gasteiger partial charge on any atom is 0.0610 e. The van der Waals surface area contributed by atoms with Crippen molar-refractivity contribution in [3.05, 3.63) is 0 Å². The van der Waals surface area contributed by atoms with Crippen LogP contribution in [0.15, 0.2) is 0 Å². The van der Waals surface area contributed by atoms with Crippen LogP contribution in [0.5, 0.6) is 0 Å². The monoisotopic (exact) mass is 132 g/mol. The molecule has 0 aliphatic carbocycles. The molecular formula is C7H16O2. The van der Waals surface area contributed by atoms with Crippen molar-refractivity contribution in [3.8, 4) is 0 Å². The number of hydrogen-bond acceptors (Lipinski definition) is 2. The summed E-state index contributed by atoms with van der Waals surface area (Å²) in [7, 11) is 0. The molecule has 0 saturated heterocycles. The summed E-state index contributed by atoms with van der Waals surface area (Å²) < 4.78 is 0. The van der Waals surface area contributed by atoms with Crippen LogP contribution in [0.25, 0.3) is 0 Å². The Morgan fingerprint density at radius 1 is 1.22 bits per heavy atom. The number of rotatable bonds is 3. The average molecular weight is 132 g/mol. The van der Waals surface area contributed by atoms with Gasteiger partial charge in [0.2, 0.25) is 0 Å². The molecule has 0 aromatic rings. The highest BCUT2D eigenvalue weighted by Crippen LogP contribution is 2.10. The van der Waals surface area contributed by atoms with Crippen LogP contribution in [0, 0.1) is 11.8 Å². The standard InChI is InChI=1S/C7H16O2/c1-5(2)7(9)6(3)4-8/h5-9H,4H2,1-3H3/t6-,7-/m0/s1. The van der Waals surface area contributed by atoms with Crippen molar-refractivity contribution in [2.75, 3.05) is 6.61 Å². The molecule has 0 aromatic heterocycles. The van der Waals surface area contributed by atoms with Gasteiger partial charge in [-0.05, 0) is 5.92 Å². The van der Waals surface area contributed by atoms with E-state index in [-0.39, 0.29) is 24.5 Å². The average Bonchev–Trinajstić information content (AvgIpc) is 1.84. The smallest absolute Gasteiger partial charge is 0.0610 e. The van der Waals surface area contributed by atoms with Gasteiger partial charge in [0.1, 0.15) is 0 Å². The van der Waals surface area contributed by atoms with Crippen LogP contribution in [0.1, 0.15) is 20.8 Å². The van der Waals surface area contributed by atoms with E-state index in [1.807, 2.05) is 20.8 Å². The molecule has 0 unspecified atom stereocenters. The first-order valence-corrected chi connectivity index (χ1v) is 3.38. The first-order chi connectivity index (χ1) is 4.09. The summed E-state index contributed by atoms with van der Waals surface area (Å²) in [5, 5.41) is 17.8. The molecule has 0 aliphatic heterocycles. The molecule has 0 rings (SSSR count). The molecule has 2 atom stereocenters. The first-order valence-electron chi connectivity index (χ1n) is 3.38. The summed E-state index contributed by atoms with van der Waals surface area (Å²) in [4.78, 5) is 0. The van der Waals surface area contributed by atoms with Gasteiger partial charge in [-0.2, -0.15) is 0 Å². The van der Waals surface area contributed by atoms with Crippen molar-refractivity contribution < 1.29 is 10.2 Å². The van der Waals surface area contributed by atoms with Crippen LogP contribution >= 0.6 is 0 Å². The zero-order valence-electron chi connectivity index (χ0n) is 6.33.